The highest BCUT2D eigenvalue weighted by Crippen LogP contribution is 2.23. The number of carbonyl (C=O) groups is 1. The Labute approximate surface area is 125 Å². The van der Waals surface area contributed by atoms with Gasteiger partial charge in [0.1, 0.15) is 5.15 Å². The van der Waals surface area contributed by atoms with Crippen LogP contribution in [0.25, 0.3) is 0 Å². The fourth-order valence-corrected chi connectivity index (χ4v) is 2.01. The SMILES string of the molecule is O=C(Cc1ccc(Cl)c(Cl)c1)Nc1ccnc(Cl)c1. The summed E-state index contributed by atoms with van der Waals surface area (Å²) in [6.45, 7) is 0. The topological polar surface area (TPSA) is 42.0 Å². The van der Waals surface area contributed by atoms with Crippen molar-refractivity contribution >= 4 is 46.4 Å². The van der Waals surface area contributed by atoms with Gasteiger partial charge in [0, 0.05) is 11.9 Å². The predicted octanol–water partition coefficient (Wildman–Crippen LogP) is 4.22. The molecular formula is C13H9Cl3N2O. The lowest BCUT2D eigenvalue weighted by Gasteiger charge is -2.06. The molecule has 1 amide bonds. The largest absolute Gasteiger partial charge is 0.326 e. The predicted molar refractivity (Wildman–Crippen MR) is 78.0 cm³/mol. The van der Waals surface area contributed by atoms with Crippen LogP contribution in [0, 0.1) is 0 Å². The Hall–Kier alpha value is -1.29. The van der Waals surface area contributed by atoms with Gasteiger partial charge in [0.05, 0.1) is 16.5 Å². The molecular weight excluding hydrogens is 307 g/mol. The molecule has 0 spiro atoms. The van der Waals surface area contributed by atoms with E-state index in [-0.39, 0.29) is 12.3 Å². The molecule has 0 unspecified atom stereocenters. The molecule has 0 bridgehead atoms. The van der Waals surface area contributed by atoms with Gasteiger partial charge in [-0.15, -0.1) is 0 Å². The summed E-state index contributed by atoms with van der Waals surface area (Å²) in [6.07, 6.45) is 1.73. The van der Waals surface area contributed by atoms with Gasteiger partial charge in [-0.1, -0.05) is 40.9 Å². The maximum absolute atomic E-state index is 11.8. The van der Waals surface area contributed by atoms with Gasteiger partial charge in [-0.3, -0.25) is 4.79 Å². The zero-order valence-electron chi connectivity index (χ0n) is 9.66. The second-order valence-electron chi connectivity index (χ2n) is 3.84. The number of nitrogens with one attached hydrogen (secondary N) is 1. The van der Waals surface area contributed by atoms with Crippen molar-refractivity contribution in [3.8, 4) is 0 Å². The van der Waals surface area contributed by atoms with Crippen molar-refractivity contribution in [2.45, 2.75) is 6.42 Å². The number of amides is 1. The van der Waals surface area contributed by atoms with Crippen LogP contribution in [0.2, 0.25) is 15.2 Å². The van der Waals surface area contributed by atoms with Gasteiger partial charge in [-0.25, -0.2) is 4.98 Å². The van der Waals surface area contributed by atoms with Crippen LogP contribution < -0.4 is 5.32 Å². The number of carbonyl (C=O) groups excluding carboxylic acids is 1. The average Bonchev–Trinajstić information content (AvgIpc) is 2.34. The van der Waals surface area contributed by atoms with E-state index in [1.54, 1.807) is 30.3 Å². The lowest BCUT2D eigenvalue weighted by atomic mass is 10.1. The standard InChI is InChI=1S/C13H9Cl3N2O/c14-10-2-1-8(5-11(10)15)6-13(19)18-9-3-4-17-12(16)7-9/h1-5,7H,6H2,(H,17,18,19). The molecule has 2 rings (SSSR count). The van der Waals surface area contributed by atoms with E-state index in [1.807, 2.05) is 0 Å². The van der Waals surface area contributed by atoms with Gasteiger partial charge in [-0.05, 0) is 29.8 Å². The summed E-state index contributed by atoms with van der Waals surface area (Å²) in [4.78, 5) is 15.7. The third-order valence-electron chi connectivity index (χ3n) is 2.36. The number of rotatable bonds is 3. The van der Waals surface area contributed by atoms with E-state index in [2.05, 4.69) is 10.3 Å². The maximum atomic E-state index is 11.8. The smallest absolute Gasteiger partial charge is 0.228 e. The second kappa shape index (κ2) is 6.24. The third-order valence-corrected chi connectivity index (χ3v) is 3.30. The van der Waals surface area contributed by atoms with Crippen LogP contribution in [-0.2, 0) is 11.2 Å². The lowest BCUT2D eigenvalue weighted by Crippen LogP contribution is -2.14. The van der Waals surface area contributed by atoms with E-state index in [9.17, 15) is 4.79 Å². The Morgan fingerprint density at radius 1 is 1.11 bits per heavy atom. The Kier molecular flexibility index (Phi) is 4.64. The first kappa shape index (κ1) is 14.1. The molecule has 0 fully saturated rings. The first-order valence-corrected chi connectivity index (χ1v) is 6.53. The van der Waals surface area contributed by atoms with Crippen molar-refractivity contribution in [3.63, 3.8) is 0 Å². The van der Waals surface area contributed by atoms with Gasteiger partial charge in [0.15, 0.2) is 0 Å². The van der Waals surface area contributed by atoms with Crippen LogP contribution in [0.5, 0.6) is 0 Å². The third kappa shape index (κ3) is 4.10. The fourth-order valence-electron chi connectivity index (χ4n) is 1.52. The van der Waals surface area contributed by atoms with Crippen molar-refractivity contribution in [2.24, 2.45) is 0 Å². The zero-order valence-corrected chi connectivity index (χ0v) is 11.9. The first-order chi connectivity index (χ1) is 9.04. The summed E-state index contributed by atoms with van der Waals surface area (Å²) in [5, 5.41) is 3.95. The van der Waals surface area contributed by atoms with Crippen LogP contribution in [0.1, 0.15) is 5.56 Å². The van der Waals surface area contributed by atoms with Crippen molar-refractivity contribution in [3.05, 3.63) is 57.3 Å². The minimum atomic E-state index is -0.166. The molecule has 1 heterocycles. The fraction of sp³-hybridized carbons (Fsp3) is 0.0769. The monoisotopic (exact) mass is 314 g/mol. The number of anilines is 1. The van der Waals surface area contributed by atoms with Gasteiger partial charge < -0.3 is 5.32 Å². The number of nitrogens with zero attached hydrogens (tertiary/aromatic N) is 1. The van der Waals surface area contributed by atoms with Crippen molar-refractivity contribution < 1.29 is 4.79 Å². The molecule has 0 aliphatic heterocycles. The minimum Gasteiger partial charge on any atom is -0.326 e. The lowest BCUT2D eigenvalue weighted by molar-refractivity contribution is -0.115. The van der Waals surface area contributed by atoms with Gasteiger partial charge in [0.25, 0.3) is 0 Å². The van der Waals surface area contributed by atoms with E-state index in [1.165, 1.54) is 6.20 Å². The summed E-state index contributed by atoms with van der Waals surface area (Å²) >= 11 is 17.4. The Morgan fingerprint density at radius 3 is 2.58 bits per heavy atom. The molecule has 0 saturated carbocycles. The Morgan fingerprint density at radius 2 is 1.89 bits per heavy atom. The number of aromatic nitrogens is 1. The minimum absolute atomic E-state index is 0.166. The second-order valence-corrected chi connectivity index (χ2v) is 5.04. The highest BCUT2D eigenvalue weighted by atomic mass is 35.5. The van der Waals surface area contributed by atoms with Gasteiger partial charge >= 0.3 is 0 Å². The van der Waals surface area contributed by atoms with Crippen molar-refractivity contribution in [2.75, 3.05) is 5.32 Å². The summed E-state index contributed by atoms with van der Waals surface area (Å²) < 4.78 is 0. The Balaban J connectivity index is 2.03. The number of hydrogen-bond donors (Lipinski definition) is 1. The number of benzene rings is 1. The first-order valence-electron chi connectivity index (χ1n) is 5.40. The van der Waals surface area contributed by atoms with E-state index in [0.29, 0.717) is 20.9 Å². The molecule has 6 heteroatoms. The summed E-state index contributed by atoms with van der Waals surface area (Å²) in [6, 6.07) is 8.33. The van der Waals surface area contributed by atoms with E-state index < -0.39 is 0 Å². The van der Waals surface area contributed by atoms with Crippen LogP contribution in [-0.4, -0.2) is 10.9 Å². The normalized spacial score (nSPS) is 10.3. The number of halogens is 3. The number of hydrogen-bond acceptors (Lipinski definition) is 2. The van der Waals surface area contributed by atoms with E-state index in [4.69, 9.17) is 34.8 Å². The van der Waals surface area contributed by atoms with Crippen LogP contribution in [0.4, 0.5) is 5.69 Å². The summed E-state index contributed by atoms with van der Waals surface area (Å²) in [5.74, 6) is -0.166. The molecule has 1 aromatic carbocycles. The average molecular weight is 316 g/mol. The van der Waals surface area contributed by atoms with Gasteiger partial charge in [-0.2, -0.15) is 0 Å². The van der Waals surface area contributed by atoms with Gasteiger partial charge in [0.2, 0.25) is 5.91 Å². The quantitative estimate of drug-likeness (QED) is 0.862. The highest BCUT2D eigenvalue weighted by molar-refractivity contribution is 6.42. The maximum Gasteiger partial charge on any atom is 0.228 e. The highest BCUT2D eigenvalue weighted by Gasteiger charge is 2.06. The molecule has 2 aromatic rings. The molecule has 98 valence electrons. The van der Waals surface area contributed by atoms with Crippen LogP contribution >= 0.6 is 34.8 Å². The molecule has 0 saturated heterocycles. The molecule has 3 nitrogen and oxygen atoms in total. The molecule has 0 atom stereocenters. The summed E-state index contributed by atoms with van der Waals surface area (Å²) in [5.41, 5.74) is 1.39. The Bertz CT molecular complexity index is 617. The molecule has 0 aliphatic carbocycles. The van der Waals surface area contributed by atoms with Crippen molar-refractivity contribution in [1.29, 1.82) is 0 Å². The van der Waals surface area contributed by atoms with E-state index in [0.717, 1.165) is 5.56 Å². The summed E-state index contributed by atoms with van der Waals surface area (Å²) in [7, 11) is 0. The van der Waals surface area contributed by atoms with Crippen molar-refractivity contribution in [1.82, 2.24) is 4.98 Å². The molecule has 1 N–H and O–H groups in total. The van der Waals surface area contributed by atoms with E-state index >= 15 is 0 Å². The molecule has 19 heavy (non-hydrogen) atoms. The zero-order chi connectivity index (χ0) is 13.8. The number of pyridine rings is 1. The van der Waals surface area contributed by atoms with Crippen LogP contribution in [0.3, 0.4) is 0 Å². The molecule has 0 aliphatic rings. The molecule has 1 aromatic heterocycles. The molecule has 0 radical (unpaired) electrons. The van der Waals surface area contributed by atoms with Crippen LogP contribution in [0.15, 0.2) is 36.5 Å².